The van der Waals surface area contributed by atoms with Crippen molar-refractivity contribution in [1.82, 2.24) is 19.5 Å². The van der Waals surface area contributed by atoms with Gasteiger partial charge in [0, 0.05) is 6.04 Å². The zero-order valence-electron chi connectivity index (χ0n) is 13.3. The van der Waals surface area contributed by atoms with Gasteiger partial charge in [-0.15, -0.1) is 0 Å². The van der Waals surface area contributed by atoms with Crippen molar-refractivity contribution in [3.8, 4) is 5.95 Å². The molecule has 7 nitrogen and oxygen atoms in total. The van der Waals surface area contributed by atoms with Crippen LogP contribution in [0.25, 0.3) is 17.0 Å². The van der Waals surface area contributed by atoms with E-state index in [9.17, 15) is 5.11 Å². The number of anilines is 2. The molecule has 0 unspecified atom stereocenters. The highest BCUT2D eigenvalue weighted by atomic mass is 16.3. The molecule has 4 N–H and O–H groups in total. The first-order valence-electron chi connectivity index (χ1n) is 8.20. The van der Waals surface area contributed by atoms with E-state index >= 15 is 0 Å². The van der Waals surface area contributed by atoms with Crippen molar-refractivity contribution >= 4 is 22.5 Å². The van der Waals surface area contributed by atoms with Gasteiger partial charge in [-0.05, 0) is 37.8 Å². The summed E-state index contributed by atoms with van der Waals surface area (Å²) in [5, 5.41) is 13.0. The minimum atomic E-state index is -0.182. The fraction of sp³-hybridized carbons (Fsp3) is 0.353. The fourth-order valence-electron chi connectivity index (χ4n) is 3.15. The topological polar surface area (TPSA) is 102 Å². The molecule has 0 aliphatic heterocycles. The number of hydrogen-bond acceptors (Lipinski definition) is 6. The van der Waals surface area contributed by atoms with Gasteiger partial charge in [-0.25, -0.2) is 9.97 Å². The molecule has 1 fully saturated rings. The minimum Gasteiger partial charge on any atom is -0.394 e. The molecule has 4 rings (SSSR count). The summed E-state index contributed by atoms with van der Waals surface area (Å²) in [6.07, 6.45) is 6.60. The Hall–Kier alpha value is -2.67. The molecular weight excluding hydrogens is 304 g/mol. The molecule has 0 amide bonds. The summed E-state index contributed by atoms with van der Waals surface area (Å²) in [7, 11) is 0. The third-order valence-corrected chi connectivity index (χ3v) is 4.51. The predicted octanol–water partition coefficient (Wildman–Crippen LogP) is 2.11. The summed E-state index contributed by atoms with van der Waals surface area (Å²) in [5.74, 6) is 1.18. The maximum atomic E-state index is 9.63. The molecule has 0 bridgehead atoms. The second-order valence-electron chi connectivity index (χ2n) is 6.23. The molecule has 1 saturated carbocycles. The molecular formula is C17H20N6O. The highest BCUT2D eigenvalue weighted by molar-refractivity contribution is 5.76. The Morgan fingerprint density at radius 1 is 1.12 bits per heavy atom. The van der Waals surface area contributed by atoms with Crippen molar-refractivity contribution in [1.29, 1.82) is 0 Å². The number of nitrogens with zero attached hydrogens (tertiary/aromatic N) is 4. The molecule has 24 heavy (non-hydrogen) atoms. The fourth-order valence-corrected chi connectivity index (χ4v) is 3.15. The van der Waals surface area contributed by atoms with E-state index in [0.717, 1.165) is 36.7 Å². The van der Waals surface area contributed by atoms with Crippen LogP contribution in [0.15, 0.2) is 36.8 Å². The maximum Gasteiger partial charge on any atom is 0.237 e. The number of aromatic nitrogens is 4. The normalized spacial score (nSPS) is 21.0. The summed E-state index contributed by atoms with van der Waals surface area (Å²) in [6.45, 7) is 0. The Morgan fingerprint density at radius 2 is 1.92 bits per heavy atom. The highest BCUT2D eigenvalue weighted by Crippen LogP contribution is 2.25. The lowest BCUT2D eigenvalue weighted by Crippen LogP contribution is -2.29. The number of nitrogens with two attached hydrogens (primary N) is 1. The lowest BCUT2D eigenvalue weighted by atomic mass is 9.93. The van der Waals surface area contributed by atoms with E-state index in [1.807, 2.05) is 28.8 Å². The van der Waals surface area contributed by atoms with Gasteiger partial charge in [-0.3, -0.25) is 4.57 Å². The quantitative estimate of drug-likeness (QED) is 0.682. The summed E-state index contributed by atoms with van der Waals surface area (Å²) in [6, 6.07) is 8.13. The van der Waals surface area contributed by atoms with Gasteiger partial charge < -0.3 is 16.2 Å². The zero-order valence-corrected chi connectivity index (χ0v) is 13.3. The first kappa shape index (κ1) is 14.9. The molecule has 0 saturated heterocycles. The molecule has 2 heterocycles. The number of aliphatic hydroxyl groups excluding tert-OH is 1. The minimum absolute atomic E-state index is 0.182. The molecule has 2 aromatic heterocycles. The number of imidazole rings is 1. The van der Waals surface area contributed by atoms with Crippen LogP contribution < -0.4 is 11.1 Å². The number of nitrogen functional groups attached to an aromatic ring is 1. The van der Waals surface area contributed by atoms with E-state index in [-0.39, 0.29) is 12.1 Å². The number of rotatable bonds is 3. The first-order valence-corrected chi connectivity index (χ1v) is 8.20. The predicted molar refractivity (Wildman–Crippen MR) is 93.0 cm³/mol. The Morgan fingerprint density at radius 3 is 2.75 bits per heavy atom. The van der Waals surface area contributed by atoms with Gasteiger partial charge in [-0.1, -0.05) is 12.1 Å². The van der Waals surface area contributed by atoms with Crippen LogP contribution in [0.4, 0.5) is 11.5 Å². The van der Waals surface area contributed by atoms with Gasteiger partial charge in [0.2, 0.25) is 5.95 Å². The number of aliphatic hydroxyl groups is 1. The summed E-state index contributed by atoms with van der Waals surface area (Å²) >= 11 is 0. The largest absolute Gasteiger partial charge is 0.394 e. The number of para-hydroxylation sites is 2. The molecule has 1 aromatic carbocycles. The molecule has 0 radical (unpaired) electrons. The van der Waals surface area contributed by atoms with Crippen LogP contribution >= 0.6 is 0 Å². The average molecular weight is 324 g/mol. The van der Waals surface area contributed by atoms with E-state index in [1.54, 1.807) is 12.5 Å². The van der Waals surface area contributed by atoms with Gasteiger partial charge in [0.05, 0.1) is 29.0 Å². The van der Waals surface area contributed by atoms with Crippen LogP contribution in [-0.2, 0) is 0 Å². The Bertz CT molecular complexity index is 853. The van der Waals surface area contributed by atoms with Gasteiger partial charge in [0.25, 0.3) is 0 Å². The zero-order chi connectivity index (χ0) is 16.5. The summed E-state index contributed by atoms with van der Waals surface area (Å²) < 4.78 is 1.85. The van der Waals surface area contributed by atoms with E-state index in [2.05, 4.69) is 20.3 Å². The van der Waals surface area contributed by atoms with E-state index in [0.29, 0.717) is 17.5 Å². The number of nitrogens with one attached hydrogen (secondary N) is 1. The van der Waals surface area contributed by atoms with Crippen LogP contribution in [-0.4, -0.2) is 36.8 Å². The average Bonchev–Trinajstić information content (AvgIpc) is 3.03. The van der Waals surface area contributed by atoms with E-state index < -0.39 is 0 Å². The van der Waals surface area contributed by atoms with Crippen molar-refractivity contribution < 1.29 is 5.11 Å². The second kappa shape index (κ2) is 6.09. The van der Waals surface area contributed by atoms with Gasteiger partial charge >= 0.3 is 0 Å². The Labute approximate surface area is 139 Å². The third-order valence-electron chi connectivity index (χ3n) is 4.51. The molecule has 3 aromatic rings. The molecule has 1 aliphatic rings. The molecule has 1 aliphatic carbocycles. The Kier molecular flexibility index (Phi) is 3.78. The Balaban J connectivity index is 1.64. The number of benzene rings is 1. The van der Waals surface area contributed by atoms with Crippen molar-refractivity contribution in [2.75, 3.05) is 11.1 Å². The molecule has 0 spiro atoms. The van der Waals surface area contributed by atoms with Crippen LogP contribution in [0.5, 0.6) is 0 Å². The first-order chi connectivity index (χ1) is 11.7. The van der Waals surface area contributed by atoms with Crippen molar-refractivity contribution in [3.63, 3.8) is 0 Å². The van der Waals surface area contributed by atoms with Gasteiger partial charge in [0.1, 0.15) is 6.33 Å². The molecule has 0 atom stereocenters. The third kappa shape index (κ3) is 2.78. The van der Waals surface area contributed by atoms with E-state index in [4.69, 9.17) is 5.73 Å². The van der Waals surface area contributed by atoms with Gasteiger partial charge in [0.15, 0.2) is 5.82 Å². The van der Waals surface area contributed by atoms with Crippen LogP contribution in [0.1, 0.15) is 25.7 Å². The maximum absolute atomic E-state index is 9.63. The van der Waals surface area contributed by atoms with Crippen LogP contribution in [0.3, 0.4) is 0 Å². The SMILES string of the molecule is Nc1cnc(-n2cnc3ccccc32)nc1N[C@H]1CC[C@H](O)CC1. The second-order valence-corrected chi connectivity index (χ2v) is 6.23. The van der Waals surface area contributed by atoms with Crippen LogP contribution in [0.2, 0.25) is 0 Å². The highest BCUT2D eigenvalue weighted by Gasteiger charge is 2.20. The number of hydrogen-bond donors (Lipinski definition) is 3. The lowest BCUT2D eigenvalue weighted by Gasteiger charge is -2.27. The van der Waals surface area contributed by atoms with Crippen molar-refractivity contribution in [2.45, 2.75) is 37.8 Å². The summed E-state index contributed by atoms with van der Waals surface area (Å²) in [4.78, 5) is 13.3. The van der Waals surface area contributed by atoms with Crippen molar-refractivity contribution in [2.24, 2.45) is 0 Å². The van der Waals surface area contributed by atoms with Crippen molar-refractivity contribution in [3.05, 3.63) is 36.8 Å². The lowest BCUT2D eigenvalue weighted by molar-refractivity contribution is 0.126. The molecule has 7 heteroatoms. The van der Waals surface area contributed by atoms with Crippen LogP contribution in [0, 0.1) is 0 Å². The molecule has 124 valence electrons. The van der Waals surface area contributed by atoms with E-state index in [1.165, 1.54) is 0 Å². The monoisotopic (exact) mass is 324 g/mol. The smallest absolute Gasteiger partial charge is 0.237 e. The standard InChI is InChI=1S/C17H20N6O/c18-13-9-19-17(23-10-20-14-3-1-2-4-15(14)23)22-16(13)21-11-5-7-12(24)8-6-11/h1-4,9-12,24H,5-8,18H2,(H,19,21,22)/t11-,12-. The number of fused-ring (bicyclic) bond motifs is 1. The van der Waals surface area contributed by atoms with Gasteiger partial charge in [-0.2, -0.15) is 4.98 Å². The summed E-state index contributed by atoms with van der Waals surface area (Å²) in [5.41, 5.74) is 8.41.